The van der Waals surface area contributed by atoms with Crippen LogP contribution in [0.1, 0.15) is 13.8 Å². The zero-order chi connectivity index (χ0) is 20.2. The van der Waals surface area contributed by atoms with Gasteiger partial charge in [-0.05, 0) is 56.4 Å². The van der Waals surface area contributed by atoms with Crippen molar-refractivity contribution in [1.82, 2.24) is 4.98 Å². The Kier molecular flexibility index (Phi) is 4.27. The first-order chi connectivity index (χ1) is 13.2. The minimum absolute atomic E-state index is 0.179. The lowest BCUT2D eigenvalue weighted by Gasteiger charge is -2.29. The molecule has 1 saturated heterocycles. The van der Waals surface area contributed by atoms with Gasteiger partial charge in [-0.15, -0.1) is 0 Å². The van der Waals surface area contributed by atoms with Gasteiger partial charge in [-0.2, -0.15) is 0 Å². The van der Waals surface area contributed by atoms with E-state index in [1.54, 1.807) is 23.1 Å². The molecule has 0 atom stereocenters. The molecule has 3 aromatic rings. The highest BCUT2D eigenvalue weighted by molar-refractivity contribution is 7.81. The quantitative estimate of drug-likeness (QED) is 0.460. The first kappa shape index (κ1) is 18.6. The monoisotopic (exact) mass is 427 g/mol. The van der Waals surface area contributed by atoms with Crippen LogP contribution in [0.25, 0.3) is 15.1 Å². The van der Waals surface area contributed by atoms with Crippen molar-refractivity contribution in [3.8, 4) is 0 Å². The number of benzene rings is 2. The Morgan fingerprint density at radius 3 is 2.64 bits per heavy atom. The lowest BCUT2D eigenvalue weighted by Crippen LogP contribution is -2.44. The number of nitrogens with two attached hydrogens (primary N) is 1. The van der Waals surface area contributed by atoms with Crippen LogP contribution in [0.15, 0.2) is 36.4 Å². The van der Waals surface area contributed by atoms with Crippen LogP contribution in [0, 0.1) is 6.57 Å². The van der Waals surface area contributed by atoms with Crippen molar-refractivity contribution >= 4 is 78.6 Å². The molecule has 0 unspecified atom stereocenters. The SMILES string of the molecule is [C-]#[N+]c1ccc(N2C(=O)C(C)(C)N(c3ccc4sc(N)nc4c3)C2=S)cc1Cl. The van der Waals surface area contributed by atoms with Crippen molar-refractivity contribution in [2.24, 2.45) is 0 Å². The number of carbonyl (C=O) groups excluding carboxylic acids is 1. The number of nitrogens with zero attached hydrogens (tertiary/aromatic N) is 4. The maximum Gasteiger partial charge on any atom is 0.259 e. The van der Waals surface area contributed by atoms with Crippen LogP contribution in [0.2, 0.25) is 5.02 Å². The maximum absolute atomic E-state index is 13.2. The highest BCUT2D eigenvalue weighted by Crippen LogP contribution is 2.39. The third kappa shape index (κ3) is 2.71. The maximum atomic E-state index is 13.2. The van der Waals surface area contributed by atoms with Crippen LogP contribution in [0.5, 0.6) is 0 Å². The molecule has 0 aliphatic carbocycles. The van der Waals surface area contributed by atoms with Gasteiger partial charge in [0.15, 0.2) is 10.2 Å². The lowest BCUT2D eigenvalue weighted by atomic mass is 10.0. The fraction of sp³-hybridized carbons (Fsp3) is 0.158. The van der Waals surface area contributed by atoms with Crippen LogP contribution < -0.4 is 15.5 Å². The number of hydrogen-bond donors (Lipinski definition) is 1. The van der Waals surface area contributed by atoms with Crippen molar-refractivity contribution in [2.45, 2.75) is 19.4 Å². The van der Waals surface area contributed by atoms with Crippen LogP contribution in [-0.4, -0.2) is 21.5 Å². The second-order valence-corrected chi connectivity index (χ2v) is 8.60. The Bertz CT molecular complexity index is 1200. The zero-order valence-corrected chi connectivity index (χ0v) is 17.3. The predicted molar refractivity (Wildman–Crippen MR) is 118 cm³/mol. The number of anilines is 3. The number of thiazole rings is 1. The van der Waals surface area contributed by atoms with E-state index in [0.29, 0.717) is 21.6 Å². The molecule has 6 nitrogen and oxygen atoms in total. The fourth-order valence-electron chi connectivity index (χ4n) is 3.25. The summed E-state index contributed by atoms with van der Waals surface area (Å²) in [5, 5.41) is 1.10. The first-order valence-corrected chi connectivity index (χ1v) is 9.86. The molecule has 1 fully saturated rings. The largest absolute Gasteiger partial charge is 0.375 e. The number of nitrogen functional groups attached to an aromatic ring is 1. The van der Waals surface area contributed by atoms with Gasteiger partial charge in [-0.1, -0.05) is 29.0 Å². The zero-order valence-electron chi connectivity index (χ0n) is 14.9. The molecule has 0 radical (unpaired) electrons. The summed E-state index contributed by atoms with van der Waals surface area (Å²) in [6, 6.07) is 10.5. The van der Waals surface area contributed by atoms with Crippen molar-refractivity contribution < 1.29 is 4.79 Å². The number of fused-ring (bicyclic) bond motifs is 1. The average molecular weight is 428 g/mol. The summed E-state index contributed by atoms with van der Waals surface area (Å²) in [7, 11) is 0. The summed E-state index contributed by atoms with van der Waals surface area (Å²) in [4.78, 5) is 24.1. The predicted octanol–water partition coefficient (Wildman–Crippen LogP) is 5.00. The molecule has 2 heterocycles. The second kappa shape index (κ2) is 6.41. The topological polar surface area (TPSA) is 66.8 Å². The summed E-state index contributed by atoms with van der Waals surface area (Å²) in [6.45, 7) is 10.8. The smallest absolute Gasteiger partial charge is 0.259 e. The van der Waals surface area contributed by atoms with E-state index in [9.17, 15) is 4.79 Å². The Balaban J connectivity index is 1.80. The van der Waals surface area contributed by atoms with Gasteiger partial charge in [-0.3, -0.25) is 9.69 Å². The highest BCUT2D eigenvalue weighted by atomic mass is 35.5. The van der Waals surface area contributed by atoms with Gasteiger partial charge < -0.3 is 10.6 Å². The highest BCUT2D eigenvalue weighted by Gasteiger charge is 2.50. The number of rotatable bonds is 2. The fourth-order valence-corrected chi connectivity index (χ4v) is 4.71. The summed E-state index contributed by atoms with van der Waals surface area (Å²) in [5.74, 6) is -0.179. The molecule has 28 heavy (non-hydrogen) atoms. The molecule has 1 aliphatic rings. The Labute approximate surface area is 175 Å². The van der Waals surface area contributed by atoms with E-state index < -0.39 is 5.54 Å². The van der Waals surface area contributed by atoms with E-state index >= 15 is 0 Å². The van der Waals surface area contributed by atoms with Crippen LogP contribution in [-0.2, 0) is 4.79 Å². The van der Waals surface area contributed by atoms with Crippen molar-refractivity contribution in [3.63, 3.8) is 0 Å². The molecule has 2 aromatic carbocycles. The summed E-state index contributed by atoms with van der Waals surface area (Å²) < 4.78 is 0.967. The van der Waals surface area contributed by atoms with E-state index in [-0.39, 0.29) is 10.9 Å². The van der Waals surface area contributed by atoms with Crippen LogP contribution in [0.3, 0.4) is 0 Å². The number of thiocarbonyl (C=S) groups is 1. The van der Waals surface area contributed by atoms with Crippen LogP contribution >= 0.6 is 35.2 Å². The van der Waals surface area contributed by atoms with Gasteiger partial charge in [0.2, 0.25) is 5.69 Å². The minimum Gasteiger partial charge on any atom is -0.375 e. The molecular weight excluding hydrogens is 414 g/mol. The third-order valence-corrected chi connectivity index (χ3v) is 6.16. The molecule has 1 aliphatic heterocycles. The van der Waals surface area contributed by atoms with Gasteiger partial charge in [0.05, 0.1) is 22.5 Å². The standard InChI is InChI=1S/C19H14ClN5OS2/c1-19(2)16(26)24(10-4-6-13(22-3)12(20)8-10)18(27)25(19)11-5-7-15-14(9-11)23-17(21)28-15/h4-9H,1-2H3,(H2,21,23). The van der Waals surface area contributed by atoms with Gasteiger partial charge in [0.1, 0.15) is 5.54 Å². The summed E-state index contributed by atoms with van der Waals surface area (Å²) in [5.41, 5.74) is 7.27. The summed E-state index contributed by atoms with van der Waals surface area (Å²) in [6.07, 6.45) is 0. The Hall–Kier alpha value is -2.73. The molecule has 1 amide bonds. The molecule has 0 spiro atoms. The number of aromatic nitrogens is 1. The normalized spacial score (nSPS) is 16.1. The number of carbonyl (C=O) groups is 1. The molecule has 4 rings (SSSR count). The van der Waals surface area contributed by atoms with E-state index in [2.05, 4.69) is 9.83 Å². The van der Waals surface area contributed by atoms with Gasteiger partial charge in [-0.25, -0.2) is 9.83 Å². The van der Waals surface area contributed by atoms with Crippen molar-refractivity contribution in [1.29, 1.82) is 0 Å². The first-order valence-electron chi connectivity index (χ1n) is 8.26. The number of amides is 1. The van der Waals surface area contributed by atoms with Crippen molar-refractivity contribution in [2.75, 3.05) is 15.5 Å². The van der Waals surface area contributed by atoms with E-state index in [1.807, 2.05) is 32.0 Å². The van der Waals surface area contributed by atoms with E-state index in [4.69, 9.17) is 36.1 Å². The number of halogens is 1. The second-order valence-electron chi connectivity index (χ2n) is 6.77. The van der Waals surface area contributed by atoms with Gasteiger partial charge >= 0.3 is 0 Å². The Morgan fingerprint density at radius 1 is 1.25 bits per heavy atom. The van der Waals surface area contributed by atoms with Gasteiger partial charge in [0.25, 0.3) is 5.91 Å². The molecule has 140 valence electrons. The third-order valence-electron chi connectivity index (χ3n) is 4.62. The van der Waals surface area contributed by atoms with E-state index in [1.165, 1.54) is 16.2 Å². The lowest BCUT2D eigenvalue weighted by molar-refractivity contribution is -0.120. The molecule has 0 saturated carbocycles. The molecule has 2 N–H and O–H groups in total. The van der Waals surface area contributed by atoms with Crippen LogP contribution in [0.4, 0.5) is 22.2 Å². The number of hydrogen-bond acceptors (Lipinski definition) is 5. The van der Waals surface area contributed by atoms with E-state index in [0.717, 1.165) is 15.9 Å². The molecular formula is C19H14ClN5OS2. The van der Waals surface area contributed by atoms with Gasteiger partial charge in [0, 0.05) is 10.7 Å². The Morgan fingerprint density at radius 2 is 1.96 bits per heavy atom. The molecule has 1 aromatic heterocycles. The molecule has 9 heteroatoms. The minimum atomic E-state index is -0.905. The molecule has 0 bridgehead atoms. The average Bonchev–Trinajstić information content (AvgIpc) is 3.08. The summed E-state index contributed by atoms with van der Waals surface area (Å²) >= 11 is 13.2. The van der Waals surface area contributed by atoms with Crippen molar-refractivity contribution in [3.05, 3.63) is 52.8 Å².